The van der Waals surface area contributed by atoms with Crippen LogP contribution in [0.4, 0.5) is 0 Å². The summed E-state index contributed by atoms with van der Waals surface area (Å²) < 4.78 is 12.8. The molecule has 2 aliphatic rings. The fraction of sp³-hybridized carbons (Fsp3) is 0.500. The van der Waals surface area contributed by atoms with E-state index >= 15 is 0 Å². The van der Waals surface area contributed by atoms with Crippen LogP contribution in [0.15, 0.2) is 48.5 Å². The van der Waals surface area contributed by atoms with Gasteiger partial charge in [0.15, 0.2) is 8.32 Å². The van der Waals surface area contributed by atoms with Gasteiger partial charge in [-0.15, -0.1) is 0 Å². The van der Waals surface area contributed by atoms with Gasteiger partial charge >= 0.3 is 0 Å². The smallest absolute Gasteiger partial charge is 0.261 e. The van der Waals surface area contributed by atoms with Crippen LogP contribution >= 0.6 is 0 Å². The SMILES string of the molecule is C[C@@H](CN1C(=O)c2ccccc2C1=O)[C@H](O[Si](C)(C)C)c1cccc(OCC2CCCCC2)c1. The lowest BCUT2D eigenvalue weighted by atomic mass is 9.90. The van der Waals surface area contributed by atoms with E-state index in [1.165, 1.54) is 37.0 Å². The summed E-state index contributed by atoms with van der Waals surface area (Å²) in [6, 6.07) is 15.2. The summed E-state index contributed by atoms with van der Waals surface area (Å²) in [5.41, 5.74) is 2.01. The van der Waals surface area contributed by atoms with Gasteiger partial charge in [-0.25, -0.2) is 0 Å². The topological polar surface area (TPSA) is 55.8 Å². The van der Waals surface area contributed by atoms with Crippen molar-refractivity contribution in [3.63, 3.8) is 0 Å². The van der Waals surface area contributed by atoms with E-state index in [0.717, 1.165) is 17.9 Å². The van der Waals surface area contributed by atoms with Crippen LogP contribution in [-0.4, -0.2) is 38.2 Å². The number of rotatable bonds is 9. The molecular formula is C28H37NO4Si. The first-order chi connectivity index (χ1) is 16.2. The molecule has 4 rings (SSSR count). The highest BCUT2D eigenvalue weighted by molar-refractivity contribution is 6.69. The third kappa shape index (κ3) is 5.78. The molecule has 1 aliphatic heterocycles. The number of fused-ring (bicyclic) bond motifs is 1. The number of amides is 2. The van der Waals surface area contributed by atoms with Crippen LogP contribution < -0.4 is 4.74 Å². The maximum absolute atomic E-state index is 12.9. The van der Waals surface area contributed by atoms with Gasteiger partial charge in [0.25, 0.3) is 11.8 Å². The van der Waals surface area contributed by atoms with Crippen LogP contribution in [-0.2, 0) is 4.43 Å². The molecule has 6 heteroatoms. The molecule has 2 aromatic rings. The highest BCUT2D eigenvalue weighted by atomic mass is 28.4. The molecule has 1 heterocycles. The van der Waals surface area contributed by atoms with Crippen molar-refractivity contribution in [1.82, 2.24) is 4.90 Å². The van der Waals surface area contributed by atoms with E-state index in [-0.39, 0.29) is 23.8 Å². The number of ether oxygens (including phenoxy) is 1. The van der Waals surface area contributed by atoms with Crippen LogP contribution in [0.2, 0.25) is 19.6 Å². The summed E-state index contributed by atoms with van der Waals surface area (Å²) in [6.45, 7) is 9.63. The summed E-state index contributed by atoms with van der Waals surface area (Å²) >= 11 is 0. The molecular weight excluding hydrogens is 442 g/mol. The van der Waals surface area contributed by atoms with Gasteiger partial charge in [0, 0.05) is 12.5 Å². The van der Waals surface area contributed by atoms with Gasteiger partial charge in [-0.1, -0.05) is 50.5 Å². The maximum Gasteiger partial charge on any atom is 0.261 e. The molecule has 2 amide bonds. The van der Waals surface area contributed by atoms with E-state index in [0.29, 0.717) is 23.6 Å². The van der Waals surface area contributed by atoms with Crippen LogP contribution in [0, 0.1) is 11.8 Å². The zero-order valence-electron chi connectivity index (χ0n) is 20.9. The van der Waals surface area contributed by atoms with Crippen molar-refractivity contribution in [1.29, 1.82) is 0 Å². The van der Waals surface area contributed by atoms with Crippen molar-refractivity contribution < 1.29 is 18.8 Å². The quantitative estimate of drug-likeness (QED) is 0.305. The number of nitrogens with zero attached hydrogens (tertiary/aromatic N) is 1. The largest absolute Gasteiger partial charge is 0.493 e. The minimum atomic E-state index is -1.91. The van der Waals surface area contributed by atoms with Gasteiger partial charge in [0.05, 0.1) is 23.8 Å². The van der Waals surface area contributed by atoms with Gasteiger partial charge < -0.3 is 9.16 Å². The summed E-state index contributed by atoms with van der Waals surface area (Å²) in [5.74, 6) is 0.995. The molecule has 0 saturated heterocycles. The average molecular weight is 480 g/mol. The number of carbonyl (C=O) groups excluding carboxylic acids is 2. The number of hydrogen-bond donors (Lipinski definition) is 0. The lowest BCUT2D eigenvalue weighted by Gasteiger charge is -2.33. The molecule has 2 aromatic carbocycles. The molecule has 0 unspecified atom stereocenters. The monoisotopic (exact) mass is 479 g/mol. The Bertz CT molecular complexity index is 990. The first-order valence-corrected chi connectivity index (χ1v) is 16.0. The second kappa shape index (κ2) is 10.4. The first kappa shape index (κ1) is 24.7. The van der Waals surface area contributed by atoms with Gasteiger partial charge in [-0.05, 0) is 68.2 Å². The van der Waals surface area contributed by atoms with Crippen molar-refractivity contribution >= 4 is 20.1 Å². The average Bonchev–Trinajstić information content (AvgIpc) is 3.06. The van der Waals surface area contributed by atoms with Crippen LogP contribution in [0.3, 0.4) is 0 Å². The van der Waals surface area contributed by atoms with Crippen LogP contribution in [0.1, 0.15) is 71.4 Å². The number of benzene rings is 2. The van der Waals surface area contributed by atoms with Crippen LogP contribution in [0.25, 0.3) is 0 Å². The molecule has 34 heavy (non-hydrogen) atoms. The van der Waals surface area contributed by atoms with Crippen molar-refractivity contribution in [2.75, 3.05) is 13.2 Å². The Morgan fingerprint density at radius 3 is 2.21 bits per heavy atom. The van der Waals surface area contributed by atoms with Crippen LogP contribution in [0.5, 0.6) is 5.75 Å². The maximum atomic E-state index is 12.9. The van der Waals surface area contributed by atoms with E-state index in [2.05, 4.69) is 38.7 Å². The highest BCUT2D eigenvalue weighted by Gasteiger charge is 2.38. The Labute approximate surface area is 204 Å². The molecule has 0 aromatic heterocycles. The number of imide groups is 1. The third-order valence-electron chi connectivity index (χ3n) is 6.74. The van der Waals surface area contributed by atoms with Crippen molar-refractivity contribution in [3.8, 4) is 5.75 Å². The Morgan fingerprint density at radius 1 is 0.941 bits per heavy atom. The summed E-state index contributed by atoms with van der Waals surface area (Å²) in [4.78, 5) is 27.2. The van der Waals surface area contributed by atoms with Crippen molar-refractivity contribution in [2.24, 2.45) is 11.8 Å². The molecule has 0 bridgehead atoms. The Morgan fingerprint density at radius 2 is 1.59 bits per heavy atom. The van der Waals surface area contributed by atoms with E-state index in [1.54, 1.807) is 24.3 Å². The van der Waals surface area contributed by atoms with Crippen molar-refractivity contribution in [3.05, 3.63) is 65.2 Å². The summed E-state index contributed by atoms with van der Waals surface area (Å²) in [5, 5.41) is 0. The van der Waals surface area contributed by atoms with E-state index in [9.17, 15) is 9.59 Å². The summed E-state index contributed by atoms with van der Waals surface area (Å²) in [6.07, 6.45) is 6.21. The molecule has 2 atom stereocenters. The second-order valence-electron chi connectivity index (χ2n) is 10.8. The van der Waals surface area contributed by atoms with Gasteiger partial charge in [0.1, 0.15) is 5.75 Å². The molecule has 1 aliphatic carbocycles. The molecule has 0 spiro atoms. The Balaban J connectivity index is 1.50. The first-order valence-electron chi connectivity index (χ1n) is 12.6. The third-order valence-corrected chi connectivity index (χ3v) is 7.70. The molecule has 5 nitrogen and oxygen atoms in total. The van der Waals surface area contributed by atoms with E-state index in [4.69, 9.17) is 9.16 Å². The lowest BCUT2D eigenvalue weighted by molar-refractivity contribution is 0.0560. The zero-order chi connectivity index (χ0) is 24.3. The Hall–Kier alpha value is -2.44. The molecule has 1 saturated carbocycles. The van der Waals surface area contributed by atoms with Gasteiger partial charge in [-0.3, -0.25) is 14.5 Å². The predicted octanol–water partition coefficient (Wildman–Crippen LogP) is 6.47. The normalized spacial score (nSPS) is 18.6. The van der Waals surface area contributed by atoms with Gasteiger partial charge in [0.2, 0.25) is 0 Å². The van der Waals surface area contributed by atoms with E-state index < -0.39 is 8.32 Å². The molecule has 0 N–H and O–H groups in total. The fourth-order valence-electron chi connectivity index (χ4n) is 5.03. The highest BCUT2D eigenvalue weighted by Crippen LogP contribution is 2.34. The predicted molar refractivity (Wildman–Crippen MR) is 137 cm³/mol. The lowest BCUT2D eigenvalue weighted by Crippen LogP contribution is -2.38. The second-order valence-corrected chi connectivity index (χ2v) is 15.2. The molecule has 182 valence electrons. The van der Waals surface area contributed by atoms with Gasteiger partial charge in [-0.2, -0.15) is 0 Å². The minimum absolute atomic E-state index is 0.0671. The molecule has 0 radical (unpaired) electrons. The standard InChI is InChI=1S/C28H37NO4Si/c1-20(18-29-27(30)24-15-8-9-16-25(24)28(29)31)26(33-34(2,3)4)22-13-10-14-23(17-22)32-19-21-11-6-5-7-12-21/h8-10,13-17,20-21,26H,5-7,11-12,18-19H2,1-4H3/t20-,26-/m0/s1. The van der Waals surface area contributed by atoms with Crippen molar-refractivity contribution in [2.45, 2.75) is 64.8 Å². The number of hydrogen-bond acceptors (Lipinski definition) is 4. The summed E-state index contributed by atoms with van der Waals surface area (Å²) in [7, 11) is -1.91. The fourth-order valence-corrected chi connectivity index (χ4v) is 6.16. The van der Waals surface area contributed by atoms with E-state index in [1.807, 2.05) is 12.1 Å². The number of carbonyl (C=O) groups is 2. The molecule has 1 fully saturated rings. The minimum Gasteiger partial charge on any atom is -0.493 e. The zero-order valence-corrected chi connectivity index (χ0v) is 21.9. The Kier molecular flexibility index (Phi) is 7.58.